The molecule has 1 saturated heterocycles. The molecule has 3 rings (SSSR count). The topological polar surface area (TPSA) is 39.5 Å². The molecule has 4 nitrogen and oxygen atoms in total. The van der Waals surface area contributed by atoms with Gasteiger partial charge in [-0.25, -0.2) is 0 Å². The van der Waals surface area contributed by atoms with Crippen molar-refractivity contribution in [2.24, 2.45) is 0 Å². The van der Waals surface area contributed by atoms with Crippen LogP contribution in [0.5, 0.6) is 5.75 Å². The largest absolute Gasteiger partial charge is 0.495 e. The zero-order valence-corrected chi connectivity index (χ0v) is 14.5. The highest BCUT2D eigenvalue weighted by molar-refractivity contribution is 6.31. The molecule has 0 radical (unpaired) electrons. The summed E-state index contributed by atoms with van der Waals surface area (Å²) in [6.45, 7) is 4.65. The van der Waals surface area contributed by atoms with E-state index in [9.17, 15) is 0 Å². The molecule has 1 aliphatic heterocycles. The van der Waals surface area contributed by atoms with Crippen molar-refractivity contribution in [2.45, 2.75) is 6.54 Å². The van der Waals surface area contributed by atoms with Crippen molar-refractivity contribution in [3.63, 3.8) is 0 Å². The molecular formula is C19H20ClN3O. The molecule has 5 heteroatoms. The molecule has 2 aromatic carbocycles. The molecule has 124 valence electrons. The number of ether oxygens (including phenoxy) is 1. The summed E-state index contributed by atoms with van der Waals surface area (Å²) in [4.78, 5) is 4.74. The molecule has 1 fully saturated rings. The second kappa shape index (κ2) is 7.57. The van der Waals surface area contributed by atoms with Gasteiger partial charge in [0.2, 0.25) is 0 Å². The zero-order valence-electron chi connectivity index (χ0n) is 13.7. The number of rotatable bonds is 4. The lowest BCUT2D eigenvalue weighted by Gasteiger charge is -2.36. The van der Waals surface area contributed by atoms with E-state index in [2.05, 4.69) is 21.9 Å². The first-order valence-electron chi connectivity index (χ1n) is 8.00. The molecule has 0 amide bonds. The number of halogens is 1. The smallest absolute Gasteiger partial charge is 0.142 e. The van der Waals surface area contributed by atoms with Crippen LogP contribution in [0.4, 0.5) is 5.69 Å². The van der Waals surface area contributed by atoms with Gasteiger partial charge in [-0.3, -0.25) is 4.90 Å². The average Bonchev–Trinajstić information content (AvgIpc) is 2.64. The number of benzene rings is 2. The lowest BCUT2D eigenvalue weighted by Crippen LogP contribution is -2.46. The molecule has 1 aliphatic rings. The van der Waals surface area contributed by atoms with Crippen LogP contribution in [-0.4, -0.2) is 38.2 Å². The van der Waals surface area contributed by atoms with Crippen molar-refractivity contribution in [3.05, 3.63) is 58.6 Å². The fourth-order valence-electron chi connectivity index (χ4n) is 3.02. The van der Waals surface area contributed by atoms with Gasteiger partial charge in [0.1, 0.15) is 5.75 Å². The fourth-order valence-corrected chi connectivity index (χ4v) is 3.26. The number of para-hydroxylation sites is 2. The SMILES string of the molecule is COc1ccccc1N1CCN(Cc2ccc(C#N)cc2Cl)CC1. The van der Waals surface area contributed by atoms with E-state index < -0.39 is 0 Å². The van der Waals surface area contributed by atoms with Gasteiger partial charge in [-0.05, 0) is 29.8 Å². The van der Waals surface area contributed by atoms with Crippen molar-refractivity contribution in [1.29, 1.82) is 5.26 Å². The minimum Gasteiger partial charge on any atom is -0.495 e. The second-order valence-corrected chi connectivity index (χ2v) is 6.26. The highest BCUT2D eigenvalue weighted by Crippen LogP contribution is 2.29. The first-order chi connectivity index (χ1) is 11.7. The van der Waals surface area contributed by atoms with E-state index in [0.29, 0.717) is 10.6 Å². The second-order valence-electron chi connectivity index (χ2n) is 5.85. The van der Waals surface area contributed by atoms with Crippen LogP contribution in [0, 0.1) is 11.3 Å². The van der Waals surface area contributed by atoms with E-state index in [0.717, 1.165) is 49.7 Å². The summed E-state index contributed by atoms with van der Waals surface area (Å²) in [5.41, 5.74) is 2.82. The van der Waals surface area contributed by atoms with E-state index in [1.807, 2.05) is 30.3 Å². The highest BCUT2D eigenvalue weighted by Gasteiger charge is 2.20. The maximum atomic E-state index is 8.92. The summed E-state index contributed by atoms with van der Waals surface area (Å²) in [6.07, 6.45) is 0. The monoisotopic (exact) mass is 341 g/mol. The highest BCUT2D eigenvalue weighted by atomic mass is 35.5. The first-order valence-corrected chi connectivity index (χ1v) is 8.38. The van der Waals surface area contributed by atoms with Crippen LogP contribution in [0.3, 0.4) is 0 Å². The number of nitrogens with zero attached hydrogens (tertiary/aromatic N) is 3. The number of hydrogen-bond donors (Lipinski definition) is 0. The zero-order chi connectivity index (χ0) is 16.9. The van der Waals surface area contributed by atoms with Gasteiger partial charge in [-0.2, -0.15) is 5.26 Å². The maximum Gasteiger partial charge on any atom is 0.142 e. The standard InChI is InChI=1S/C19H20ClN3O/c1-24-19-5-3-2-4-18(19)23-10-8-22(9-11-23)14-16-7-6-15(13-21)12-17(16)20/h2-7,12H,8-11,14H2,1H3. The van der Waals surface area contributed by atoms with Crippen molar-refractivity contribution in [2.75, 3.05) is 38.2 Å². The van der Waals surface area contributed by atoms with E-state index in [1.165, 1.54) is 0 Å². The molecule has 24 heavy (non-hydrogen) atoms. The Labute approximate surface area is 147 Å². The number of methoxy groups -OCH3 is 1. The molecule has 0 atom stereocenters. The normalized spacial score (nSPS) is 15.1. The third-order valence-corrected chi connectivity index (χ3v) is 4.73. The Balaban J connectivity index is 1.62. The Morgan fingerprint density at radius 1 is 1.12 bits per heavy atom. The summed E-state index contributed by atoms with van der Waals surface area (Å²) in [6, 6.07) is 15.8. The summed E-state index contributed by atoms with van der Waals surface area (Å²) in [5.74, 6) is 0.918. The van der Waals surface area contributed by atoms with Crippen LogP contribution >= 0.6 is 11.6 Å². The summed E-state index contributed by atoms with van der Waals surface area (Å²) >= 11 is 6.29. The molecule has 0 unspecified atom stereocenters. The van der Waals surface area contributed by atoms with Gasteiger partial charge < -0.3 is 9.64 Å². The van der Waals surface area contributed by atoms with Gasteiger partial charge in [0.05, 0.1) is 24.4 Å². The van der Waals surface area contributed by atoms with Gasteiger partial charge in [0.15, 0.2) is 0 Å². The number of hydrogen-bond acceptors (Lipinski definition) is 4. The van der Waals surface area contributed by atoms with Crippen LogP contribution in [0.25, 0.3) is 0 Å². The molecule has 0 saturated carbocycles. The molecule has 1 heterocycles. The van der Waals surface area contributed by atoms with Gasteiger partial charge in [0, 0.05) is 37.7 Å². The summed E-state index contributed by atoms with van der Waals surface area (Å²) < 4.78 is 5.46. The van der Waals surface area contributed by atoms with E-state index in [1.54, 1.807) is 13.2 Å². The minimum absolute atomic E-state index is 0.602. The van der Waals surface area contributed by atoms with E-state index >= 15 is 0 Å². The Morgan fingerprint density at radius 2 is 1.88 bits per heavy atom. The average molecular weight is 342 g/mol. The molecular weight excluding hydrogens is 322 g/mol. The van der Waals surface area contributed by atoms with Crippen LogP contribution in [0.15, 0.2) is 42.5 Å². The van der Waals surface area contributed by atoms with Crippen molar-refractivity contribution in [3.8, 4) is 11.8 Å². The Kier molecular flexibility index (Phi) is 5.24. The predicted molar refractivity (Wildman–Crippen MR) is 96.7 cm³/mol. The fraction of sp³-hybridized carbons (Fsp3) is 0.316. The maximum absolute atomic E-state index is 8.92. The third kappa shape index (κ3) is 3.64. The minimum atomic E-state index is 0.602. The van der Waals surface area contributed by atoms with Gasteiger partial charge >= 0.3 is 0 Å². The first kappa shape index (κ1) is 16.6. The van der Waals surface area contributed by atoms with Crippen LogP contribution in [0.2, 0.25) is 5.02 Å². The number of piperazine rings is 1. The molecule has 0 bridgehead atoms. The molecule has 0 spiro atoms. The predicted octanol–water partition coefficient (Wildman–Crippen LogP) is 3.54. The van der Waals surface area contributed by atoms with Gasteiger partial charge in [-0.15, -0.1) is 0 Å². The van der Waals surface area contributed by atoms with Gasteiger partial charge in [-0.1, -0.05) is 29.8 Å². The quantitative estimate of drug-likeness (QED) is 0.852. The van der Waals surface area contributed by atoms with Crippen LogP contribution in [-0.2, 0) is 6.54 Å². The van der Waals surface area contributed by atoms with Crippen molar-refractivity contribution in [1.82, 2.24) is 4.90 Å². The van der Waals surface area contributed by atoms with E-state index in [4.69, 9.17) is 21.6 Å². The number of anilines is 1. The molecule has 0 N–H and O–H groups in total. The lowest BCUT2D eigenvalue weighted by molar-refractivity contribution is 0.249. The van der Waals surface area contributed by atoms with Crippen LogP contribution < -0.4 is 9.64 Å². The molecule has 2 aromatic rings. The van der Waals surface area contributed by atoms with Gasteiger partial charge in [0.25, 0.3) is 0 Å². The van der Waals surface area contributed by atoms with E-state index in [-0.39, 0.29) is 0 Å². The third-order valence-electron chi connectivity index (χ3n) is 4.37. The van der Waals surface area contributed by atoms with Crippen molar-refractivity contribution < 1.29 is 4.74 Å². The Morgan fingerprint density at radius 3 is 2.54 bits per heavy atom. The summed E-state index contributed by atoms with van der Waals surface area (Å²) in [7, 11) is 1.71. The molecule has 0 aromatic heterocycles. The Bertz CT molecular complexity index is 749. The van der Waals surface area contributed by atoms with Crippen molar-refractivity contribution >= 4 is 17.3 Å². The summed E-state index contributed by atoms with van der Waals surface area (Å²) in [5, 5.41) is 9.59. The number of nitriles is 1. The lowest BCUT2D eigenvalue weighted by atomic mass is 10.1. The molecule has 0 aliphatic carbocycles. The van der Waals surface area contributed by atoms with Crippen LogP contribution in [0.1, 0.15) is 11.1 Å². The Hall–Kier alpha value is -2.22.